The van der Waals surface area contributed by atoms with Crippen LogP contribution in [0.1, 0.15) is 34.3 Å². The average molecular weight is 577 g/mol. The Morgan fingerprint density at radius 2 is 1.82 bits per heavy atom. The summed E-state index contributed by atoms with van der Waals surface area (Å²) in [7, 11) is 0. The highest BCUT2D eigenvalue weighted by Crippen LogP contribution is 2.35. The first kappa shape index (κ1) is 27.7. The second-order valence-electron chi connectivity index (χ2n) is 9.28. The van der Waals surface area contributed by atoms with Gasteiger partial charge in [0.2, 0.25) is 5.91 Å². The molecule has 2 aromatic heterocycles. The number of carbonyl (C=O) groups excluding carboxylic acids is 1. The van der Waals surface area contributed by atoms with Crippen molar-refractivity contribution in [1.82, 2.24) is 20.1 Å². The van der Waals surface area contributed by atoms with Crippen molar-refractivity contribution in [3.05, 3.63) is 106 Å². The summed E-state index contributed by atoms with van der Waals surface area (Å²) in [4.78, 5) is 17.7. The predicted octanol–water partition coefficient (Wildman–Crippen LogP) is 6.07. The van der Waals surface area contributed by atoms with E-state index in [4.69, 9.17) is 16.3 Å². The fraction of sp³-hybridized carbons (Fsp3) is 0.250. The molecule has 0 radical (unpaired) electrons. The fourth-order valence-corrected chi connectivity index (χ4v) is 4.91. The number of nitrogens with one attached hydrogen (secondary N) is 1. The molecule has 208 valence electrons. The van der Waals surface area contributed by atoms with Crippen LogP contribution in [0.25, 0.3) is 11.1 Å². The monoisotopic (exact) mass is 576 g/mol. The molecule has 0 saturated carbocycles. The zero-order chi connectivity index (χ0) is 28.4. The number of halogens is 6. The van der Waals surface area contributed by atoms with Gasteiger partial charge in [-0.25, -0.2) is 8.78 Å². The molecular formula is C28H22ClF5N4O2. The number of nitrogens with zero attached hydrogens (tertiary/aromatic N) is 3. The number of pyridine rings is 1. The van der Waals surface area contributed by atoms with E-state index in [0.717, 1.165) is 28.4 Å². The summed E-state index contributed by atoms with van der Waals surface area (Å²) in [5, 5.41) is 6.99. The number of carbonyl (C=O) groups is 1. The molecule has 0 bridgehead atoms. The molecule has 0 saturated heterocycles. The third-order valence-corrected chi connectivity index (χ3v) is 6.74. The van der Waals surface area contributed by atoms with Gasteiger partial charge in [-0.05, 0) is 54.3 Å². The number of hydrogen-bond donors (Lipinski definition) is 1. The van der Waals surface area contributed by atoms with Gasteiger partial charge in [0.05, 0.1) is 30.6 Å². The molecule has 2 aromatic carbocycles. The summed E-state index contributed by atoms with van der Waals surface area (Å²) >= 11 is 6.03. The van der Waals surface area contributed by atoms with E-state index in [2.05, 4.69) is 15.4 Å². The van der Waals surface area contributed by atoms with Crippen molar-refractivity contribution in [2.24, 2.45) is 0 Å². The van der Waals surface area contributed by atoms with E-state index in [0.29, 0.717) is 16.3 Å². The van der Waals surface area contributed by atoms with E-state index < -0.39 is 42.0 Å². The quantitative estimate of drug-likeness (QED) is 0.271. The molecule has 1 atom stereocenters. The Morgan fingerprint density at radius 1 is 1.10 bits per heavy atom. The molecule has 12 heteroatoms. The highest BCUT2D eigenvalue weighted by molar-refractivity contribution is 6.30. The summed E-state index contributed by atoms with van der Waals surface area (Å²) in [5.41, 5.74) is 1.14. The standard InChI is InChI=1S/C28H22ClF5N4O2/c29-18-5-3-17(4-6-18)21-2-1-8-35-26(21)23(12-16-10-19(30)13-20(31)11-16)36-25(39)14-38-24-15-40-9-7-22(24)27(37-38)28(32,33)34/h1-6,8,10-11,13,23H,7,9,12,14-15H2,(H,36,39). The number of aromatic nitrogens is 3. The van der Waals surface area contributed by atoms with E-state index in [1.165, 1.54) is 6.20 Å². The lowest BCUT2D eigenvalue weighted by molar-refractivity contribution is -0.142. The second kappa shape index (κ2) is 11.3. The van der Waals surface area contributed by atoms with Crippen LogP contribution in [0, 0.1) is 11.6 Å². The molecule has 1 unspecified atom stereocenters. The van der Waals surface area contributed by atoms with Gasteiger partial charge >= 0.3 is 6.18 Å². The van der Waals surface area contributed by atoms with Crippen molar-refractivity contribution in [1.29, 1.82) is 0 Å². The minimum Gasteiger partial charge on any atom is -0.375 e. The summed E-state index contributed by atoms with van der Waals surface area (Å²) in [6, 6.07) is 12.5. The van der Waals surface area contributed by atoms with Crippen molar-refractivity contribution < 1.29 is 31.5 Å². The van der Waals surface area contributed by atoms with Crippen LogP contribution in [0.4, 0.5) is 22.0 Å². The van der Waals surface area contributed by atoms with Gasteiger partial charge in [0.25, 0.3) is 0 Å². The molecule has 5 rings (SSSR count). The molecule has 0 spiro atoms. The zero-order valence-corrected chi connectivity index (χ0v) is 21.6. The van der Waals surface area contributed by atoms with E-state index in [9.17, 15) is 26.7 Å². The van der Waals surface area contributed by atoms with Crippen molar-refractivity contribution in [3.63, 3.8) is 0 Å². The number of hydrogen-bond acceptors (Lipinski definition) is 4. The van der Waals surface area contributed by atoms with Gasteiger partial charge < -0.3 is 10.1 Å². The van der Waals surface area contributed by atoms with E-state index in [1.807, 2.05) is 0 Å². The minimum atomic E-state index is -4.69. The Bertz CT molecular complexity index is 1520. The number of alkyl halides is 3. The van der Waals surface area contributed by atoms with Gasteiger partial charge in [0.15, 0.2) is 5.69 Å². The average Bonchev–Trinajstić information content (AvgIpc) is 3.27. The van der Waals surface area contributed by atoms with Gasteiger partial charge in [-0.15, -0.1) is 0 Å². The first-order valence-electron chi connectivity index (χ1n) is 12.3. The van der Waals surface area contributed by atoms with Crippen molar-refractivity contribution in [2.45, 2.75) is 38.2 Å². The lowest BCUT2D eigenvalue weighted by Crippen LogP contribution is -2.34. The van der Waals surface area contributed by atoms with E-state index in [1.54, 1.807) is 36.4 Å². The number of benzene rings is 2. The fourth-order valence-electron chi connectivity index (χ4n) is 4.79. The SMILES string of the molecule is O=C(Cn1nc(C(F)(F)F)c2c1COCC2)NC(Cc1cc(F)cc(F)c1)c1ncccc1-c1ccc(Cl)cc1. The molecule has 0 aliphatic carbocycles. The van der Waals surface area contributed by atoms with Gasteiger partial charge in [0, 0.05) is 28.4 Å². The Morgan fingerprint density at radius 3 is 2.52 bits per heavy atom. The Kier molecular flexibility index (Phi) is 7.86. The molecule has 1 amide bonds. The first-order chi connectivity index (χ1) is 19.1. The van der Waals surface area contributed by atoms with Gasteiger partial charge in [-0.1, -0.05) is 29.8 Å². The van der Waals surface area contributed by atoms with Crippen LogP contribution in [-0.2, 0) is 41.7 Å². The van der Waals surface area contributed by atoms with Crippen LogP contribution in [0.15, 0.2) is 60.8 Å². The normalized spacial score (nSPS) is 14.1. The molecule has 40 heavy (non-hydrogen) atoms. The third kappa shape index (κ3) is 6.15. The number of ether oxygens (including phenoxy) is 1. The topological polar surface area (TPSA) is 69.0 Å². The second-order valence-corrected chi connectivity index (χ2v) is 9.71. The number of amides is 1. The predicted molar refractivity (Wildman–Crippen MR) is 136 cm³/mol. The van der Waals surface area contributed by atoms with Crippen molar-refractivity contribution in [3.8, 4) is 11.1 Å². The summed E-state index contributed by atoms with van der Waals surface area (Å²) in [5.74, 6) is -2.25. The van der Waals surface area contributed by atoms with Gasteiger partial charge in [-0.2, -0.15) is 18.3 Å². The third-order valence-electron chi connectivity index (χ3n) is 6.48. The Labute approximate surface area is 230 Å². The maximum absolute atomic E-state index is 14.0. The molecule has 1 aliphatic rings. The van der Waals surface area contributed by atoms with Crippen molar-refractivity contribution in [2.75, 3.05) is 6.61 Å². The lowest BCUT2D eigenvalue weighted by Gasteiger charge is -2.22. The van der Waals surface area contributed by atoms with E-state index in [-0.39, 0.29) is 42.9 Å². The Balaban J connectivity index is 1.49. The van der Waals surface area contributed by atoms with Crippen LogP contribution in [0.3, 0.4) is 0 Å². The number of fused-ring (bicyclic) bond motifs is 1. The van der Waals surface area contributed by atoms with Gasteiger partial charge in [0.1, 0.15) is 18.2 Å². The summed E-state index contributed by atoms with van der Waals surface area (Å²) in [6.07, 6.45) is -3.20. The van der Waals surface area contributed by atoms with Crippen LogP contribution in [0.2, 0.25) is 5.02 Å². The molecular weight excluding hydrogens is 555 g/mol. The largest absolute Gasteiger partial charge is 0.435 e. The molecule has 1 N–H and O–H groups in total. The molecule has 0 fully saturated rings. The van der Waals surface area contributed by atoms with Crippen LogP contribution in [0.5, 0.6) is 0 Å². The highest BCUT2D eigenvalue weighted by Gasteiger charge is 2.40. The van der Waals surface area contributed by atoms with Crippen molar-refractivity contribution >= 4 is 17.5 Å². The van der Waals surface area contributed by atoms with Gasteiger partial charge in [-0.3, -0.25) is 14.5 Å². The molecule has 3 heterocycles. The maximum atomic E-state index is 14.0. The molecule has 1 aliphatic heterocycles. The Hall–Kier alpha value is -3.83. The van der Waals surface area contributed by atoms with Crippen LogP contribution >= 0.6 is 11.6 Å². The highest BCUT2D eigenvalue weighted by atomic mass is 35.5. The van der Waals surface area contributed by atoms with Crippen LogP contribution in [-0.4, -0.2) is 27.3 Å². The molecule has 4 aromatic rings. The van der Waals surface area contributed by atoms with Crippen LogP contribution < -0.4 is 5.32 Å². The lowest BCUT2D eigenvalue weighted by atomic mass is 9.95. The summed E-state index contributed by atoms with van der Waals surface area (Å²) in [6.45, 7) is -0.523. The van der Waals surface area contributed by atoms with E-state index >= 15 is 0 Å². The first-order valence-corrected chi connectivity index (χ1v) is 12.6. The maximum Gasteiger partial charge on any atom is 0.435 e. The zero-order valence-electron chi connectivity index (χ0n) is 20.8. The molecule has 6 nitrogen and oxygen atoms in total. The number of rotatable bonds is 7. The smallest absolute Gasteiger partial charge is 0.375 e. The summed E-state index contributed by atoms with van der Waals surface area (Å²) < 4.78 is 75.1. The minimum absolute atomic E-state index is 0.00749.